The number of hydrogen-bond acceptors (Lipinski definition) is 4. The zero-order chi connectivity index (χ0) is 15.5. The molecule has 0 unspecified atom stereocenters. The van der Waals surface area contributed by atoms with Crippen molar-refractivity contribution in [1.82, 2.24) is 10.2 Å². The molecule has 1 saturated carbocycles. The molecule has 3 rings (SSSR count). The van der Waals surface area contributed by atoms with Gasteiger partial charge in [-0.2, -0.15) is 5.26 Å². The first-order valence-electron chi connectivity index (χ1n) is 8.08. The van der Waals surface area contributed by atoms with E-state index in [1.165, 1.54) is 25.7 Å². The van der Waals surface area contributed by atoms with E-state index in [1.807, 2.05) is 6.07 Å². The zero-order valence-corrected chi connectivity index (χ0v) is 16.7. The van der Waals surface area contributed by atoms with E-state index in [-0.39, 0.29) is 36.6 Å². The highest BCUT2D eigenvalue weighted by molar-refractivity contribution is 9.10. The van der Waals surface area contributed by atoms with Gasteiger partial charge in [-0.3, -0.25) is 4.90 Å². The fraction of sp³-hybridized carbons (Fsp3) is 0.588. The van der Waals surface area contributed by atoms with Crippen LogP contribution in [0.3, 0.4) is 0 Å². The van der Waals surface area contributed by atoms with Gasteiger partial charge in [0.2, 0.25) is 0 Å². The molecule has 0 aromatic heterocycles. The third kappa shape index (κ3) is 4.36. The molecule has 7 heteroatoms. The lowest BCUT2D eigenvalue weighted by atomic mass is 9.88. The third-order valence-electron chi connectivity index (χ3n) is 4.97. The standard InChI is InChI=1S/C17H22BrN3O.2ClH/c18-14-6-5-13(11-19)17(22)15(14)16(12-3-1-2-4-12)21-9-7-20-8-10-21;;/h5-6,12,16,20,22H,1-4,7-10H2;2*1H/t16-;;/m0../s1. The summed E-state index contributed by atoms with van der Waals surface area (Å²) in [7, 11) is 0. The number of aromatic hydroxyl groups is 1. The third-order valence-corrected chi connectivity index (χ3v) is 5.66. The van der Waals surface area contributed by atoms with E-state index in [2.05, 4.69) is 32.2 Å². The number of phenolic OH excluding ortho intramolecular Hbond substituents is 1. The van der Waals surface area contributed by atoms with Crippen LogP contribution < -0.4 is 5.32 Å². The van der Waals surface area contributed by atoms with Gasteiger partial charge in [-0.05, 0) is 30.9 Å². The number of rotatable bonds is 3. The first-order valence-corrected chi connectivity index (χ1v) is 8.88. The Morgan fingerprint density at radius 3 is 2.42 bits per heavy atom. The van der Waals surface area contributed by atoms with Crippen LogP contribution in [0.2, 0.25) is 0 Å². The minimum atomic E-state index is 0. The number of nitriles is 1. The first kappa shape index (κ1) is 21.5. The van der Waals surface area contributed by atoms with Crippen molar-refractivity contribution in [2.45, 2.75) is 31.7 Å². The molecular weight excluding hydrogens is 413 g/mol. The zero-order valence-electron chi connectivity index (χ0n) is 13.5. The summed E-state index contributed by atoms with van der Waals surface area (Å²) in [5.74, 6) is 0.724. The van der Waals surface area contributed by atoms with E-state index >= 15 is 0 Å². The highest BCUT2D eigenvalue weighted by Gasteiger charge is 2.35. The van der Waals surface area contributed by atoms with Crippen LogP contribution >= 0.6 is 40.7 Å². The Kier molecular flexibility index (Phi) is 8.83. The molecule has 0 bridgehead atoms. The van der Waals surface area contributed by atoms with E-state index in [0.29, 0.717) is 11.5 Å². The SMILES string of the molecule is Cl.Cl.N#Cc1ccc(Br)c([C@H](C2CCCC2)N2CCNCC2)c1O. The predicted molar refractivity (Wildman–Crippen MR) is 104 cm³/mol. The Hall–Kier alpha value is -0.510. The summed E-state index contributed by atoms with van der Waals surface area (Å²) in [4.78, 5) is 2.48. The Bertz CT molecular complexity index is 582. The summed E-state index contributed by atoms with van der Waals surface area (Å²) in [6, 6.07) is 5.90. The number of benzene rings is 1. The predicted octanol–water partition coefficient (Wildman–Crippen LogP) is 4.01. The van der Waals surface area contributed by atoms with Gasteiger partial charge in [0.15, 0.2) is 0 Å². The molecule has 2 aliphatic rings. The lowest BCUT2D eigenvalue weighted by Crippen LogP contribution is -2.46. The second-order valence-electron chi connectivity index (χ2n) is 6.24. The fourth-order valence-electron chi connectivity index (χ4n) is 3.90. The van der Waals surface area contributed by atoms with Crippen LogP contribution in [0.15, 0.2) is 16.6 Å². The van der Waals surface area contributed by atoms with Gasteiger partial charge < -0.3 is 10.4 Å². The molecule has 24 heavy (non-hydrogen) atoms. The minimum absolute atomic E-state index is 0. The maximum Gasteiger partial charge on any atom is 0.139 e. The van der Waals surface area contributed by atoms with Gasteiger partial charge in [0, 0.05) is 42.3 Å². The highest BCUT2D eigenvalue weighted by atomic mass is 79.9. The van der Waals surface area contributed by atoms with Gasteiger partial charge in [0.05, 0.1) is 5.56 Å². The van der Waals surface area contributed by atoms with E-state index in [0.717, 1.165) is 36.2 Å². The molecule has 2 fully saturated rings. The summed E-state index contributed by atoms with van der Waals surface area (Å²) in [6.45, 7) is 3.95. The van der Waals surface area contributed by atoms with Crippen molar-refractivity contribution in [3.8, 4) is 11.8 Å². The minimum Gasteiger partial charge on any atom is -0.506 e. The Morgan fingerprint density at radius 2 is 1.83 bits per heavy atom. The molecule has 0 spiro atoms. The molecule has 2 N–H and O–H groups in total. The molecule has 134 valence electrons. The van der Waals surface area contributed by atoms with Gasteiger partial charge in [-0.25, -0.2) is 0 Å². The van der Waals surface area contributed by atoms with Crippen LogP contribution in [0.25, 0.3) is 0 Å². The second kappa shape index (κ2) is 9.84. The Balaban J connectivity index is 0.00000144. The van der Waals surface area contributed by atoms with Crippen molar-refractivity contribution in [3.05, 3.63) is 27.7 Å². The Labute approximate surface area is 164 Å². The normalized spacial score (nSPS) is 19.8. The van der Waals surface area contributed by atoms with E-state index in [4.69, 9.17) is 0 Å². The topological polar surface area (TPSA) is 59.3 Å². The molecule has 4 nitrogen and oxygen atoms in total. The van der Waals surface area contributed by atoms with Crippen LogP contribution in [0.1, 0.15) is 42.9 Å². The van der Waals surface area contributed by atoms with Gasteiger partial charge in [0.25, 0.3) is 0 Å². The summed E-state index contributed by atoms with van der Waals surface area (Å²) in [6.07, 6.45) is 4.95. The molecule has 1 atom stereocenters. The maximum atomic E-state index is 10.6. The summed E-state index contributed by atoms with van der Waals surface area (Å²) < 4.78 is 0.916. The average molecular weight is 437 g/mol. The van der Waals surface area contributed by atoms with Crippen molar-refractivity contribution in [2.24, 2.45) is 5.92 Å². The van der Waals surface area contributed by atoms with Crippen molar-refractivity contribution in [3.63, 3.8) is 0 Å². The van der Waals surface area contributed by atoms with Crippen LogP contribution in [0.5, 0.6) is 5.75 Å². The average Bonchev–Trinajstić information content (AvgIpc) is 3.06. The molecular formula is C17H24BrCl2N3O. The largest absolute Gasteiger partial charge is 0.506 e. The summed E-state index contributed by atoms with van der Waals surface area (Å²) in [5, 5.41) is 23.3. The van der Waals surface area contributed by atoms with Crippen molar-refractivity contribution >= 4 is 40.7 Å². The molecule has 1 aromatic carbocycles. The number of piperazine rings is 1. The molecule has 1 heterocycles. The van der Waals surface area contributed by atoms with Crippen LogP contribution in [0, 0.1) is 17.2 Å². The molecule has 0 radical (unpaired) electrons. The molecule has 1 saturated heterocycles. The first-order chi connectivity index (χ1) is 10.7. The van der Waals surface area contributed by atoms with Gasteiger partial charge in [0.1, 0.15) is 11.8 Å². The molecule has 0 amide bonds. The number of phenols is 1. The van der Waals surface area contributed by atoms with E-state index in [1.54, 1.807) is 6.07 Å². The smallest absolute Gasteiger partial charge is 0.139 e. The molecule has 1 aliphatic heterocycles. The van der Waals surface area contributed by atoms with Gasteiger partial charge >= 0.3 is 0 Å². The van der Waals surface area contributed by atoms with Crippen LogP contribution in [0.4, 0.5) is 0 Å². The van der Waals surface area contributed by atoms with E-state index in [9.17, 15) is 10.4 Å². The number of nitrogens with zero attached hydrogens (tertiary/aromatic N) is 2. The monoisotopic (exact) mass is 435 g/mol. The van der Waals surface area contributed by atoms with Crippen LogP contribution in [-0.4, -0.2) is 36.2 Å². The Morgan fingerprint density at radius 1 is 1.21 bits per heavy atom. The van der Waals surface area contributed by atoms with Crippen molar-refractivity contribution in [1.29, 1.82) is 5.26 Å². The van der Waals surface area contributed by atoms with Crippen molar-refractivity contribution in [2.75, 3.05) is 26.2 Å². The number of hydrogen-bond donors (Lipinski definition) is 2. The number of halogens is 3. The van der Waals surface area contributed by atoms with Crippen LogP contribution in [-0.2, 0) is 0 Å². The lowest BCUT2D eigenvalue weighted by Gasteiger charge is -2.39. The number of nitrogens with one attached hydrogen (secondary N) is 1. The fourth-order valence-corrected chi connectivity index (χ4v) is 4.46. The maximum absolute atomic E-state index is 10.6. The molecule has 1 aromatic rings. The lowest BCUT2D eigenvalue weighted by molar-refractivity contribution is 0.122. The highest BCUT2D eigenvalue weighted by Crippen LogP contribution is 2.46. The summed E-state index contributed by atoms with van der Waals surface area (Å²) in [5.41, 5.74) is 1.28. The second-order valence-corrected chi connectivity index (χ2v) is 7.10. The van der Waals surface area contributed by atoms with Gasteiger partial charge in [-0.1, -0.05) is 28.8 Å². The van der Waals surface area contributed by atoms with Gasteiger partial charge in [-0.15, -0.1) is 24.8 Å². The quantitative estimate of drug-likeness (QED) is 0.751. The summed E-state index contributed by atoms with van der Waals surface area (Å²) >= 11 is 3.61. The van der Waals surface area contributed by atoms with Crippen molar-refractivity contribution < 1.29 is 5.11 Å². The molecule has 1 aliphatic carbocycles. The van der Waals surface area contributed by atoms with E-state index < -0.39 is 0 Å².